The number of nitrogens with one attached hydrogen (secondary N) is 2. The van der Waals surface area contributed by atoms with Crippen molar-refractivity contribution in [3.8, 4) is 11.4 Å². The van der Waals surface area contributed by atoms with Gasteiger partial charge in [-0.05, 0) is 36.5 Å². The van der Waals surface area contributed by atoms with E-state index in [0.717, 1.165) is 21.8 Å². The van der Waals surface area contributed by atoms with E-state index < -0.39 is 0 Å². The van der Waals surface area contributed by atoms with Gasteiger partial charge in [-0.25, -0.2) is 4.98 Å². The minimum Gasteiger partial charge on any atom is -0.379 e. The molecule has 2 aromatic heterocycles. The average molecular weight is 392 g/mol. The lowest BCUT2D eigenvalue weighted by molar-refractivity contribution is 0.878. The summed E-state index contributed by atoms with van der Waals surface area (Å²) in [7, 11) is 0. The quantitative estimate of drug-likeness (QED) is 0.534. The number of aromatic amines is 1. The molecule has 0 unspecified atom stereocenters. The fourth-order valence-corrected chi connectivity index (χ4v) is 3.74. The molecule has 140 valence electrons. The van der Waals surface area contributed by atoms with Gasteiger partial charge in [0.1, 0.15) is 0 Å². The molecule has 0 atom stereocenters. The number of aromatic nitrogens is 4. The number of benzene rings is 2. The lowest BCUT2D eigenvalue weighted by Gasteiger charge is -2.12. The number of halogens is 1. The van der Waals surface area contributed by atoms with Crippen molar-refractivity contribution >= 4 is 23.1 Å². The first-order valence-corrected chi connectivity index (χ1v) is 9.63. The van der Waals surface area contributed by atoms with Crippen molar-refractivity contribution in [1.29, 1.82) is 0 Å². The summed E-state index contributed by atoms with van der Waals surface area (Å²) in [6, 6.07) is 17.1. The lowest BCUT2D eigenvalue weighted by Crippen LogP contribution is -2.17. The highest BCUT2D eigenvalue weighted by atomic mass is 35.5. The highest BCUT2D eigenvalue weighted by molar-refractivity contribution is 6.31. The normalized spacial score (nSPS) is 13.8. The maximum atomic E-state index is 12.5. The zero-order valence-corrected chi connectivity index (χ0v) is 15.8. The maximum Gasteiger partial charge on any atom is 0.274 e. The van der Waals surface area contributed by atoms with E-state index in [1.807, 2.05) is 48.5 Å². The minimum absolute atomic E-state index is 0.190. The van der Waals surface area contributed by atoms with Gasteiger partial charge >= 0.3 is 0 Å². The predicted octanol–water partition coefficient (Wildman–Crippen LogP) is 4.23. The third-order valence-corrected chi connectivity index (χ3v) is 5.26. The van der Waals surface area contributed by atoms with Crippen molar-refractivity contribution in [2.75, 3.05) is 5.32 Å². The Balaban J connectivity index is 1.44. The molecule has 2 N–H and O–H groups in total. The van der Waals surface area contributed by atoms with Crippen LogP contribution < -0.4 is 10.9 Å². The summed E-state index contributed by atoms with van der Waals surface area (Å²) in [4.78, 5) is 21.5. The van der Waals surface area contributed by atoms with Crippen LogP contribution in [0.2, 0.25) is 5.02 Å². The number of H-pyrrole nitrogens is 1. The van der Waals surface area contributed by atoms with Crippen LogP contribution in [0.25, 0.3) is 17.2 Å². The first-order chi connectivity index (χ1) is 13.7. The van der Waals surface area contributed by atoms with E-state index in [1.165, 1.54) is 23.4 Å². The van der Waals surface area contributed by atoms with Gasteiger partial charge in [-0.15, -0.1) is 0 Å². The standard InChI is InChI=1S/C21H18ClN5O/c22-16-7-4-8-17(19(16)13-9-10-13)23-12-15-11-18(28)27-21(24-15)25-20(26-27)14-5-2-1-3-6-14/h1-8,11,13,23H,9-10,12H2,(H,24,25,26). The highest BCUT2D eigenvalue weighted by Gasteiger charge is 2.28. The molecule has 6 nitrogen and oxygen atoms in total. The van der Waals surface area contributed by atoms with Gasteiger partial charge in [-0.3, -0.25) is 9.89 Å². The molecule has 7 heteroatoms. The van der Waals surface area contributed by atoms with Gasteiger partial charge in [0.05, 0.1) is 12.2 Å². The van der Waals surface area contributed by atoms with Crippen molar-refractivity contribution in [3.05, 3.63) is 81.2 Å². The smallest absolute Gasteiger partial charge is 0.274 e. The Labute approximate surface area is 166 Å². The Morgan fingerprint density at radius 1 is 1.11 bits per heavy atom. The number of hydrogen-bond acceptors (Lipinski definition) is 4. The molecule has 0 aliphatic heterocycles. The van der Waals surface area contributed by atoms with Crippen LogP contribution in [0.15, 0.2) is 59.4 Å². The van der Waals surface area contributed by atoms with E-state index in [1.54, 1.807) is 0 Å². The van der Waals surface area contributed by atoms with Crippen LogP contribution in [0.1, 0.15) is 30.0 Å². The number of hydrogen-bond donors (Lipinski definition) is 2. The third-order valence-electron chi connectivity index (χ3n) is 4.93. The molecule has 1 aliphatic carbocycles. The molecule has 1 aliphatic rings. The number of anilines is 1. The van der Waals surface area contributed by atoms with Gasteiger partial charge in [0, 0.05) is 22.3 Å². The van der Waals surface area contributed by atoms with E-state index >= 15 is 0 Å². The van der Waals surface area contributed by atoms with Crippen molar-refractivity contribution in [2.45, 2.75) is 25.3 Å². The lowest BCUT2D eigenvalue weighted by atomic mass is 10.1. The Morgan fingerprint density at radius 2 is 1.93 bits per heavy atom. The molecule has 0 radical (unpaired) electrons. The Hall–Kier alpha value is -3.12. The van der Waals surface area contributed by atoms with Gasteiger partial charge < -0.3 is 5.32 Å². The molecule has 2 heterocycles. The van der Waals surface area contributed by atoms with Gasteiger partial charge in [-0.2, -0.15) is 9.50 Å². The third kappa shape index (κ3) is 3.16. The first kappa shape index (κ1) is 17.0. The second-order valence-electron chi connectivity index (χ2n) is 6.99. The summed E-state index contributed by atoms with van der Waals surface area (Å²) < 4.78 is 1.36. The van der Waals surface area contributed by atoms with Crippen LogP contribution in [0.3, 0.4) is 0 Å². The predicted molar refractivity (Wildman–Crippen MR) is 110 cm³/mol. The van der Waals surface area contributed by atoms with Crippen LogP contribution in [-0.4, -0.2) is 19.6 Å². The molecule has 1 saturated carbocycles. The van der Waals surface area contributed by atoms with E-state index in [0.29, 0.717) is 29.8 Å². The summed E-state index contributed by atoms with van der Waals surface area (Å²) in [5.41, 5.74) is 3.51. The number of fused-ring (bicyclic) bond motifs is 1. The molecule has 5 rings (SSSR count). The van der Waals surface area contributed by atoms with Crippen molar-refractivity contribution in [1.82, 2.24) is 19.6 Å². The molecular weight excluding hydrogens is 374 g/mol. The zero-order chi connectivity index (χ0) is 19.1. The molecule has 4 aromatic rings. The first-order valence-electron chi connectivity index (χ1n) is 9.25. The highest BCUT2D eigenvalue weighted by Crippen LogP contribution is 2.46. The van der Waals surface area contributed by atoms with Gasteiger partial charge in [-0.1, -0.05) is 48.0 Å². The van der Waals surface area contributed by atoms with Crippen molar-refractivity contribution in [2.24, 2.45) is 0 Å². The van der Waals surface area contributed by atoms with Gasteiger partial charge in [0.2, 0.25) is 0 Å². The van der Waals surface area contributed by atoms with E-state index in [4.69, 9.17) is 11.6 Å². The van der Waals surface area contributed by atoms with Crippen LogP contribution in [0.5, 0.6) is 0 Å². The molecule has 2 aromatic carbocycles. The molecule has 0 spiro atoms. The minimum atomic E-state index is -0.190. The SMILES string of the molecule is O=c1cc(CNc2cccc(Cl)c2C2CC2)nc2nc(-c3ccccc3)[nH]n12. The van der Waals surface area contributed by atoms with Crippen LogP contribution >= 0.6 is 11.6 Å². The largest absolute Gasteiger partial charge is 0.379 e. The number of nitrogens with zero attached hydrogens (tertiary/aromatic N) is 3. The summed E-state index contributed by atoms with van der Waals surface area (Å²) >= 11 is 6.39. The molecule has 28 heavy (non-hydrogen) atoms. The number of rotatable bonds is 5. The summed E-state index contributed by atoms with van der Waals surface area (Å²) in [6.07, 6.45) is 2.33. The monoisotopic (exact) mass is 391 g/mol. The average Bonchev–Trinajstić information content (AvgIpc) is 3.44. The zero-order valence-electron chi connectivity index (χ0n) is 15.0. The second-order valence-corrected chi connectivity index (χ2v) is 7.40. The summed E-state index contributed by atoms with van der Waals surface area (Å²) in [5, 5.41) is 7.19. The molecule has 0 bridgehead atoms. The molecule has 0 saturated heterocycles. The Morgan fingerprint density at radius 3 is 2.71 bits per heavy atom. The summed E-state index contributed by atoms with van der Waals surface area (Å²) in [6.45, 7) is 0.430. The fourth-order valence-electron chi connectivity index (χ4n) is 3.41. The maximum absolute atomic E-state index is 12.5. The second kappa shape index (κ2) is 6.80. The molecular formula is C21H18ClN5O. The Bertz CT molecular complexity index is 1210. The van der Waals surface area contributed by atoms with Crippen molar-refractivity contribution in [3.63, 3.8) is 0 Å². The van der Waals surface area contributed by atoms with E-state index in [-0.39, 0.29) is 5.56 Å². The Kier molecular flexibility index (Phi) is 4.13. The summed E-state index contributed by atoms with van der Waals surface area (Å²) in [5.74, 6) is 1.50. The van der Waals surface area contributed by atoms with Crippen LogP contribution in [0.4, 0.5) is 5.69 Å². The van der Waals surface area contributed by atoms with Crippen molar-refractivity contribution < 1.29 is 0 Å². The van der Waals surface area contributed by atoms with E-state index in [2.05, 4.69) is 20.4 Å². The topological polar surface area (TPSA) is 75.1 Å². The molecule has 0 amide bonds. The van der Waals surface area contributed by atoms with Gasteiger partial charge in [0.15, 0.2) is 5.82 Å². The van der Waals surface area contributed by atoms with Crippen LogP contribution in [0, 0.1) is 0 Å². The van der Waals surface area contributed by atoms with E-state index in [9.17, 15) is 4.79 Å². The fraction of sp³-hybridized carbons (Fsp3) is 0.190. The van der Waals surface area contributed by atoms with Gasteiger partial charge in [0.25, 0.3) is 11.3 Å². The molecule has 1 fully saturated rings. The van der Waals surface area contributed by atoms with Crippen LogP contribution in [-0.2, 0) is 6.54 Å².